The Hall–Kier alpha value is -0.370. The summed E-state index contributed by atoms with van der Waals surface area (Å²) < 4.78 is 0. The van der Waals surface area contributed by atoms with Gasteiger partial charge < -0.3 is 5.11 Å². The van der Waals surface area contributed by atoms with Crippen molar-refractivity contribution >= 4 is 6.21 Å². The smallest absolute Gasteiger partial charge is 0.0626 e. The van der Waals surface area contributed by atoms with Gasteiger partial charge in [-0.3, -0.25) is 4.99 Å². The molecule has 0 fully saturated rings. The minimum Gasteiger partial charge on any atom is -0.394 e. The van der Waals surface area contributed by atoms with Crippen LogP contribution in [0.3, 0.4) is 0 Å². The predicted molar refractivity (Wildman–Crippen MR) is 37.5 cm³/mol. The summed E-state index contributed by atoms with van der Waals surface area (Å²) in [5, 5.41) is 8.08. The Kier molecular flexibility index (Phi) is 21.1. The number of hydrogen-bond donors (Lipinski definition) is 1. The SMILES string of the molecule is CC.CC=NCCO. The highest BCUT2D eigenvalue weighted by molar-refractivity contribution is 5.53. The van der Waals surface area contributed by atoms with Crippen molar-refractivity contribution in [1.82, 2.24) is 0 Å². The lowest BCUT2D eigenvalue weighted by atomic mass is 10.7. The Balaban J connectivity index is 0. The first-order valence-electron chi connectivity index (χ1n) is 2.97. The van der Waals surface area contributed by atoms with Crippen molar-refractivity contribution in [3.63, 3.8) is 0 Å². The zero-order valence-corrected chi connectivity index (χ0v) is 5.89. The minimum atomic E-state index is 0.157. The van der Waals surface area contributed by atoms with E-state index < -0.39 is 0 Å². The molecule has 1 N–H and O–H groups in total. The number of nitrogens with zero attached hydrogens (tertiary/aromatic N) is 1. The van der Waals surface area contributed by atoms with Gasteiger partial charge in [-0.2, -0.15) is 0 Å². The maximum Gasteiger partial charge on any atom is 0.0626 e. The van der Waals surface area contributed by atoms with Crippen LogP contribution in [-0.4, -0.2) is 24.5 Å². The molecular weight excluding hydrogens is 102 g/mol. The summed E-state index contributed by atoms with van der Waals surface area (Å²) in [6.45, 7) is 6.52. The van der Waals surface area contributed by atoms with Gasteiger partial charge in [-0.1, -0.05) is 13.8 Å². The van der Waals surface area contributed by atoms with E-state index in [1.165, 1.54) is 0 Å². The summed E-state index contributed by atoms with van der Waals surface area (Å²) in [5.74, 6) is 0. The molecule has 0 saturated heterocycles. The van der Waals surface area contributed by atoms with Crippen LogP contribution in [0, 0.1) is 0 Å². The number of aliphatic hydroxyl groups excluding tert-OH is 1. The van der Waals surface area contributed by atoms with Crippen molar-refractivity contribution < 1.29 is 5.11 Å². The first-order valence-corrected chi connectivity index (χ1v) is 2.97. The third-order valence-corrected chi connectivity index (χ3v) is 0.412. The van der Waals surface area contributed by atoms with Gasteiger partial charge in [0.05, 0.1) is 13.2 Å². The fourth-order valence-electron chi connectivity index (χ4n) is 0.187. The van der Waals surface area contributed by atoms with Gasteiger partial charge in [0, 0.05) is 0 Å². The summed E-state index contributed by atoms with van der Waals surface area (Å²) in [4.78, 5) is 3.72. The number of aliphatic imine (C=N–C) groups is 1. The van der Waals surface area contributed by atoms with E-state index in [1.54, 1.807) is 6.21 Å². The Labute approximate surface area is 51.3 Å². The molecule has 0 aromatic rings. The molecule has 0 heterocycles. The molecule has 2 nitrogen and oxygen atoms in total. The molecule has 0 aliphatic heterocycles. The van der Waals surface area contributed by atoms with E-state index in [0.29, 0.717) is 6.54 Å². The van der Waals surface area contributed by atoms with Crippen molar-refractivity contribution in [3.8, 4) is 0 Å². The Morgan fingerprint density at radius 2 is 2.00 bits per heavy atom. The van der Waals surface area contributed by atoms with Crippen LogP contribution >= 0.6 is 0 Å². The van der Waals surface area contributed by atoms with Gasteiger partial charge in [-0.05, 0) is 13.1 Å². The quantitative estimate of drug-likeness (QED) is 0.540. The van der Waals surface area contributed by atoms with E-state index in [1.807, 2.05) is 20.8 Å². The van der Waals surface area contributed by atoms with Gasteiger partial charge in [-0.15, -0.1) is 0 Å². The predicted octanol–water partition coefficient (Wildman–Crippen LogP) is 1.10. The molecule has 0 aromatic carbocycles. The Morgan fingerprint density at radius 1 is 1.50 bits per heavy atom. The molecule has 0 unspecified atom stereocenters. The highest BCUT2D eigenvalue weighted by Crippen LogP contribution is 1.60. The molecule has 50 valence electrons. The largest absolute Gasteiger partial charge is 0.394 e. The average molecular weight is 117 g/mol. The number of rotatable bonds is 2. The normalized spacial score (nSPS) is 8.50. The summed E-state index contributed by atoms with van der Waals surface area (Å²) >= 11 is 0. The van der Waals surface area contributed by atoms with Crippen LogP contribution < -0.4 is 0 Å². The standard InChI is InChI=1S/C4H9NO.C2H6/c1-2-5-3-4-6;1-2/h2,6H,3-4H2,1H3;1-2H3. The van der Waals surface area contributed by atoms with Crippen LogP contribution in [0.1, 0.15) is 20.8 Å². The number of hydrogen-bond acceptors (Lipinski definition) is 2. The molecule has 0 atom stereocenters. The van der Waals surface area contributed by atoms with E-state index in [9.17, 15) is 0 Å². The lowest BCUT2D eigenvalue weighted by molar-refractivity contribution is 0.307. The molecule has 0 aliphatic carbocycles. The summed E-state index contributed by atoms with van der Waals surface area (Å²) in [6.07, 6.45) is 1.68. The highest BCUT2D eigenvalue weighted by atomic mass is 16.3. The van der Waals surface area contributed by atoms with Crippen LogP contribution in [0.2, 0.25) is 0 Å². The van der Waals surface area contributed by atoms with Crippen molar-refractivity contribution in [2.24, 2.45) is 4.99 Å². The zero-order chi connectivity index (χ0) is 6.83. The van der Waals surface area contributed by atoms with Gasteiger partial charge in [0.15, 0.2) is 0 Å². The average Bonchev–Trinajstić information content (AvgIpc) is 1.88. The van der Waals surface area contributed by atoms with Crippen LogP contribution in [0.15, 0.2) is 4.99 Å². The van der Waals surface area contributed by atoms with Gasteiger partial charge in [0.1, 0.15) is 0 Å². The molecule has 0 radical (unpaired) electrons. The second-order valence-electron chi connectivity index (χ2n) is 0.888. The molecule has 0 rings (SSSR count). The molecule has 0 aromatic heterocycles. The van der Waals surface area contributed by atoms with E-state index in [0.717, 1.165) is 0 Å². The second-order valence-corrected chi connectivity index (χ2v) is 0.888. The fraction of sp³-hybridized carbons (Fsp3) is 0.833. The van der Waals surface area contributed by atoms with Crippen LogP contribution in [0.4, 0.5) is 0 Å². The summed E-state index contributed by atoms with van der Waals surface area (Å²) in [7, 11) is 0. The van der Waals surface area contributed by atoms with Gasteiger partial charge in [0.2, 0.25) is 0 Å². The summed E-state index contributed by atoms with van der Waals surface area (Å²) in [6, 6.07) is 0. The first-order chi connectivity index (χ1) is 3.91. The molecule has 0 amide bonds. The van der Waals surface area contributed by atoms with E-state index in [4.69, 9.17) is 5.11 Å². The van der Waals surface area contributed by atoms with E-state index in [2.05, 4.69) is 4.99 Å². The topological polar surface area (TPSA) is 32.6 Å². The van der Waals surface area contributed by atoms with Crippen molar-refractivity contribution in [2.45, 2.75) is 20.8 Å². The van der Waals surface area contributed by atoms with Crippen LogP contribution in [0.5, 0.6) is 0 Å². The number of aliphatic hydroxyl groups is 1. The lowest BCUT2D eigenvalue weighted by Gasteiger charge is -1.78. The molecule has 2 heteroatoms. The second kappa shape index (κ2) is 15.9. The summed E-state index contributed by atoms with van der Waals surface area (Å²) in [5.41, 5.74) is 0. The Morgan fingerprint density at radius 3 is 2.12 bits per heavy atom. The van der Waals surface area contributed by atoms with Gasteiger partial charge >= 0.3 is 0 Å². The van der Waals surface area contributed by atoms with E-state index in [-0.39, 0.29) is 6.61 Å². The first kappa shape index (κ1) is 10.6. The maximum atomic E-state index is 8.08. The zero-order valence-electron chi connectivity index (χ0n) is 5.89. The monoisotopic (exact) mass is 117 g/mol. The van der Waals surface area contributed by atoms with Crippen LogP contribution in [-0.2, 0) is 0 Å². The maximum absolute atomic E-state index is 8.08. The molecule has 0 aliphatic rings. The van der Waals surface area contributed by atoms with Crippen molar-refractivity contribution in [3.05, 3.63) is 0 Å². The van der Waals surface area contributed by atoms with Gasteiger partial charge in [0.25, 0.3) is 0 Å². The third kappa shape index (κ3) is 17.4. The van der Waals surface area contributed by atoms with Crippen LogP contribution in [0.25, 0.3) is 0 Å². The van der Waals surface area contributed by atoms with Gasteiger partial charge in [-0.25, -0.2) is 0 Å². The molecule has 0 spiro atoms. The molecule has 0 bridgehead atoms. The minimum absolute atomic E-state index is 0.157. The molecule has 8 heavy (non-hydrogen) atoms. The van der Waals surface area contributed by atoms with E-state index >= 15 is 0 Å². The van der Waals surface area contributed by atoms with Crippen molar-refractivity contribution in [1.29, 1.82) is 0 Å². The third-order valence-electron chi connectivity index (χ3n) is 0.412. The molecule has 0 saturated carbocycles. The fourth-order valence-corrected chi connectivity index (χ4v) is 0.187. The highest BCUT2D eigenvalue weighted by Gasteiger charge is 1.65. The molecular formula is C6H15NO. The Bertz CT molecular complexity index is 43.8. The van der Waals surface area contributed by atoms with Crippen molar-refractivity contribution in [2.75, 3.05) is 13.2 Å². The lowest BCUT2D eigenvalue weighted by Crippen LogP contribution is -1.84.